The molecular weight excluding hydrogens is 449 g/mol. The molecule has 0 unspecified atom stereocenters. The first-order chi connectivity index (χ1) is 16.2. The summed E-state index contributed by atoms with van der Waals surface area (Å²) < 4.78 is 51.5. The number of ether oxygens (including phenoxy) is 2. The van der Waals surface area contributed by atoms with Gasteiger partial charge in [0.05, 0.1) is 18.8 Å². The van der Waals surface area contributed by atoms with Gasteiger partial charge < -0.3 is 20.1 Å². The van der Waals surface area contributed by atoms with Crippen LogP contribution in [0.2, 0.25) is 0 Å². The van der Waals surface area contributed by atoms with Gasteiger partial charge in [0, 0.05) is 48.7 Å². The summed E-state index contributed by atoms with van der Waals surface area (Å²) in [5.41, 5.74) is 1.69. The standard InChI is InChI=1S/C25H23F3N2O4/c26-25(27,28)16-4-5-17-15(14-24(34-21(17)13-16)8-10-33-11-9-24)12-23(32)30-20-3-1-2-19-18(20)6-7-22(31)29-19/h1-5,12-13H,6-11,14H2,(H,29,31)(H,30,32). The minimum absolute atomic E-state index is 0.0723. The van der Waals surface area contributed by atoms with Crippen molar-refractivity contribution in [3.05, 3.63) is 59.2 Å². The molecule has 1 saturated heterocycles. The Bertz CT molecular complexity index is 1180. The summed E-state index contributed by atoms with van der Waals surface area (Å²) in [5, 5.41) is 5.68. The van der Waals surface area contributed by atoms with E-state index < -0.39 is 23.2 Å². The molecule has 0 saturated carbocycles. The van der Waals surface area contributed by atoms with E-state index in [0.29, 0.717) is 67.8 Å². The largest absolute Gasteiger partial charge is 0.486 e. The van der Waals surface area contributed by atoms with E-state index in [1.54, 1.807) is 18.2 Å². The van der Waals surface area contributed by atoms with E-state index in [9.17, 15) is 22.8 Å². The Kier molecular flexibility index (Phi) is 5.59. The third-order valence-corrected chi connectivity index (χ3v) is 6.51. The molecular formula is C25H23F3N2O4. The van der Waals surface area contributed by atoms with Crippen molar-refractivity contribution in [3.63, 3.8) is 0 Å². The summed E-state index contributed by atoms with van der Waals surface area (Å²) in [6.07, 6.45) is -0.785. The Morgan fingerprint density at radius 3 is 2.68 bits per heavy atom. The van der Waals surface area contributed by atoms with E-state index in [2.05, 4.69) is 10.6 Å². The Hall–Kier alpha value is -3.33. The zero-order valence-electron chi connectivity index (χ0n) is 18.3. The van der Waals surface area contributed by atoms with Crippen LogP contribution in [0.1, 0.15) is 42.4 Å². The number of anilines is 2. The van der Waals surface area contributed by atoms with E-state index in [-0.39, 0.29) is 11.7 Å². The van der Waals surface area contributed by atoms with Gasteiger partial charge in [-0.2, -0.15) is 13.2 Å². The highest BCUT2D eigenvalue weighted by molar-refractivity contribution is 6.06. The van der Waals surface area contributed by atoms with Gasteiger partial charge in [-0.05, 0) is 41.8 Å². The molecule has 5 rings (SSSR count). The van der Waals surface area contributed by atoms with Crippen LogP contribution in [0.15, 0.2) is 42.5 Å². The molecule has 2 aromatic rings. The minimum Gasteiger partial charge on any atom is -0.486 e. The molecule has 6 nitrogen and oxygen atoms in total. The van der Waals surface area contributed by atoms with Crippen LogP contribution in [0.3, 0.4) is 0 Å². The quantitative estimate of drug-likeness (QED) is 0.607. The number of carbonyl (C=O) groups is 2. The van der Waals surface area contributed by atoms with E-state index >= 15 is 0 Å². The monoisotopic (exact) mass is 472 g/mol. The van der Waals surface area contributed by atoms with Crippen molar-refractivity contribution in [3.8, 4) is 5.75 Å². The fraction of sp³-hybridized carbons (Fsp3) is 0.360. The number of hydrogen-bond acceptors (Lipinski definition) is 4. The SMILES string of the molecule is O=C(C=C1CC2(CCOCC2)Oc2cc(C(F)(F)F)ccc21)Nc1cccc2c1CCC(=O)N2. The molecule has 9 heteroatoms. The second-order valence-electron chi connectivity index (χ2n) is 8.82. The normalized spacial score (nSPS) is 20.2. The molecule has 1 spiro atoms. The summed E-state index contributed by atoms with van der Waals surface area (Å²) in [6.45, 7) is 0.880. The molecule has 34 heavy (non-hydrogen) atoms. The first-order valence-corrected chi connectivity index (χ1v) is 11.1. The molecule has 3 aliphatic heterocycles. The molecule has 0 radical (unpaired) electrons. The molecule has 0 atom stereocenters. The number of alkyl halides is 3. The van der Waals surface area contributed by atoms with Crippen LogP contribution >= 0.6 is 0 Å². The summed E-state index contributed by atoms with van der Waals surface area (Å²) in [5.74, 6) is -0.339. The van der Waals surface area contributed by atoms with Gasteiger partial charge in [-0.25, -0.2) is 0 Å². The lowest BCUT2D eigenvalue weighted by atomic mass is 9.81. The van der Waals surface area contributed by atoms with Crippen molar-refractivity contribution in [1.29, 1.82) is 0 Å². The third-order valence-electron chi connectivity index (χ3n) is 6.51. The van der Waals surface area contributed by atoms with E-state index in [1.807, 2.05) is 0 Å². The molecule has 2 amide bonds. The summed E-state index contributed by atoms with van der Waals surface area (Å²) in [7, 11) is 0. The second kappa shape index (κ2) is 8.47. The third kappa shape index (κ3) is 4.40. The average molecular weight is 472 g/mol. The molecule has 2 N–H and O–H groups in total. The van der Waals surface area contributed by atoms with Crippen LogP contribution in [-0.2, 0) is 26.9 Å². The predicted molar refractivity (Wildman–Crippen MR) is 119 cm³/mol. The zero-order chi connectivity index (χ0) is 23.9. The first kappa shape index (κ1) is 22.5. The van der Waals surface area contributed by atoms with Crippen LogP contribution in [0.4, 0.5) is 24.5 Å². The number of benzene rings is 2. The molecule has 0 bridgehead atoms. The number of halogens is 3. The maximum atomic E-state index is 13.3. The Morgan fingerprint density at radius 2 is 1.91 bits per heavy atom. The van der Waals surface area contributed by atoms with Crippen LogP contribution in [0.5, 0.6) is 5.75 Å². The smallest absolute Gasteiger partial charge is 0.416 e. The van der Waals surface area contributed by atoms with E-state index in [4.69, 9.17) is 9.47 Å². The Labute approximate surface area is 194 Å². The number of fused-ring (bicyclic) bond motifs is 2. The highest BCUT2D eigenvalue weighted by Gasteiger charge is 2.41. The fourth-order valence-electron chi connectivity index (χ4n) is 4.78. The van der Waals surface area contributed by atoms with Crippen molar-refractivity contribution in [2.75, 3.05) is 23.8 Å². The predicted octanol–water partition coefficient (Wildman–Crippen LogP) is 4.94. The molecule has 0 aliphatic carbocycles. The Morgan fingerprint density at radius 1 is 1.12 bits per heavy atom. The topological polar surface area (TPSA) is 76.7 Å². The molecule has 3 heterocycles. The maximum Gasteiger partial charge on any atom is 0.416 e. The van der Waals surface area contributed by atoms with Gasteiger partial charge in [-0.15, -0.1) is 0 Å². The van der Waals surface area contributed by atoms with Gasteiger partial charge in [-0.3, -0.25) is 9.59 Å². The summed E-state index contributed by atoms with van der Waals surface area (Å²) in [4.78, 5) is 24.7. The molecule has 3 aliphatic rings. The molecule has 178 valence electrons. The van der Waals surface area contributed by atoms with Crippen LogP contribution in [0.25, 0.3) is 5.57 Å². The summed E-state index contributed by atoms with van der Waals surface area (Å²) in [6, 6.07) is 8.67. The lowest BCUT2D eigenvalue weighted by Crippen LogP contribution is -2.44. The highest BCUT2D eigenvalue weighted by Crippen LogP contribution is 2.46. The van der Waals surface area contributed by atoms with Crippen molar-refractivity contribution in [2.45, 2.75) is 43.9 Å². The Balaban J connectivity index is 1.47. The number of carbonyl (C=O) groups excluding carboxylic acids is 2. The van der Waals surface area contributed by atoms with Gasteiger partial charge in [0.25, 0.3) is 0 Å². The second-order valence-corrected chi connectivity index (χ2v) is 8.82. The van der Waals surface area contributed by atoms with Gasteiger partial charge in [0.1, 0.15) is 11.4 Å². The molecule has 1 fully saturated rings. The van der Waals surface area contributed by atoms with Gasteiger partial charge in [0.15, 0.2) is 0 Å². The fourth-order valence-corrected chi connectivity index (χ4v) is 4.78. The van der Waals surface area contributed by atoms with Crippen molar-refractivity contribution in [2.24, 2.45) is 0 Å². The number of rotatable bonds is 2. The van der Waals surface area contributed by atoms with E-state index in [1.165, 1.54) is 12.1 Å². The minimum atomic E-state index is -4.50. The lowest BCUT2D eigenvalue weighted by Gasteiger charge is -2.42. The number of hydrogen-bond donors (Lipinski definition) is 2. The maximum absolute atomic E-state index is 13.3. The molecule has 0 aromatic heterocycles. The van der Waals surface area contributed by atoms with Crippen molar-refractivity contribution in [1.82, 2.24) is 0 Å². The van der Waals surface area contributed by atoms with Gasteiger partial charge >= 0.3 is 6.18 Å². The van der Waals surface area contributed by atoms with Gasteiger partial charge in [-0.1, -0.05) is 12.1 Å². The zero-order valence-corrected chi connectivity index (χ0v) is 18.3. The van der Waals surface area contributed by atoms with Crippen LogP contribution in [-0.4, -0.2) is 30.6 Å². The number of amides is 2. The van der Waals surface area contributed by atoms with Crippen molar-refractivity contribution >= 4 is 28.8 Å². The lowest BCUT2D eigenvalue weighted by molar-refractivity contribution is -0.138. The average Bonchev–Trinajstić information content (AvgIpc) is 2.78. The molecule has 2 aromatic carbocycles. The van der Waals surface area contributed by atoms with Crippen LogP contribution < -0.4 is 15.4 Å². The van der Waals surface area contributed by atoms with Gasteiger partial charge in [0.2, 0.25) is 11.8 Å². The number of nitrogens with one attached hydrogen (secondary N) is 2. The first-order valence-electron chi connectivity index (χ1n) is 11.1. The van der Waals surface area contributed by atoms with Crippen molar-refractivity contribution < 1.29 is 32.2 Å². The highest BCUT2D eigenvalue weighted by atomic mass is 19.4. The van der Waals surface area contributed by atoms with E-state index in [0.717, 1.165) is 17.7 Å². The summed E-state index contributed by atoms with van der Waals surface area (Å²) >= 11 is 0. The van der Waals surface area contributed by atoms with Crippen LogP contribution in [0, 0.1) is 0 Å².